The Morgan fingerprint density at radius 2 is 2.11 bits per heavy atom. The fourth-order valence-electron chi connectivity index (χ4n) is 3.15. The van der Waals surface area contributed by atoms with Crippen molar-refractivity contribution in [2.24, 2.45) is 0 Å². The van der Waals surface area contributed by atoms with Crippen molar-refractivity contribution < 1.29 is 4.74 Å². The molecule has 0 radical (unpaired) electrons. The van der Waals surface area contributed by atoms with Crippen molar-refractivity contribution in [1.29, 1.82) is 0 Å². The van der Waals surface area contributed by atoms with Crippen LogP contribution in [0.5, 0.6) is 0 Å². The van der Waals surface area contributed by atoms with Crippen LogP contribution in [0, 0.1) is 0 Å². The minimum Gasteiger partial charge on any atom is -0.381 e. The number of hydrogen-bond donors (Lipinski definition) is 1. The molecule has 3 rings (SSSR count). The van der Waals surface area contributed by atoms with Gasteiger partial charge >= 0.3 is 0 Å². The van der Waals surface area contributed by atoms with E-state index in [1.165, 1.54) is 25.1 Å². The average molecular weight is 264 g/mol. The van der Waals surface area contributed by atoms with Crippen molar-refractivity contribution in [3.05, 3.63) is 11.6 Å². The van der Waals surface area contributed by atoms with E-state index in [4.69, 9.17) is 4.74 Å². The quantitative estimate of drug-likeness (QED) is 0.901. The molecule has 0 aromatic carbocycles. The van der Waals surface area contributed by atoms with Gasteiger partial charge in [-0.25, -0.2) is 0 Å². The van der Waals surface area contributed by atoms with Crippen LogP contribution in [0.2, 0.25) is 0 Å². The standard InChI is InChI=1S/C14H24N4O/c1-10(15-11-8-12(9-11)19-2)14-17-16-13-6-4-3-5-7-18(13)14/h10-12,15H,3-9H2,1-2H3. The topological polar surface area (TPSA) is 52.0 Å². The van der Waals surface area contributed by atoms with Gasteiger partial charge in [-0.1, -0.05) is 6.42 Å². The molecule has 0 bridgehead atoms. The van der Waals surface area contributed by atoms with Gasteiger partial charge in [0.15, 0.2) is 0 Å². The van der Waals surface area contributed by atoms with E-state index >= 15 is 0 Å². The summed E-state index contributed by atoms with van der Waals surface area (Å²) in [6.45, 7) is 3.28. The lowest BCUT2D eigenvalue weighted by atomic mass is 9.88. The number of nitrogens with one attached hydrogen (secondary N) is 1. The SMILES string of the molecule is COC1CC(NC(C)c2nnc3n2CCCCC3)C1. The highest BCUT2D eigenvalue weighted by Gasteiger charge is 2.31. The summed E-state index contributed by atoms with van der Waals surface area (Å²) in [5.74, 6) is 2.28. The molecule has 2 heterocycles. The van der Waals surface area contributed by atoms with Gasteiger partial charge in [0, 0.05) is 26.1 Å². The smallest absolute Gasteiger partial charge is 0.149 e. The molecule has 106 valence electrons. The van der Waals surface area contributed by atoms with Crippen LogP contribution in [-0.4, -0.2) is 34.0 Å². The summed E-state index contributed by atoms with van der Waals surface area (Å²) >= 11 is 0. The first-order chi connectivity index (χ1) is 9.28. The molecule has 0 saturated heterocycles. The van der Waals surface area contributed by atoms with E-state index < -0.39 is 0 Å². The molecule has 2 aliphatic rings. The van der Waals surface area contributed by atoms with Gasteiger partial charge in [-0.05, 0) is 32.6 Å². The van der Waals surface area contributed by atoms with Gasteiger partial charge in [0.2, 0.25) is 0 Å². The van der Waals surface area contributed by atoms with Crippen molar-refractivity contribution >= 4 is 0 Å². The van der Waals surface area contributed by atoms with Crippen molar-refractivity contribution in [1.82, 2.24) is 20.1 Å². The molecule has 0 spiro atoms. The van der Waals surface area contributed by atoms with E-state index in [1.807, 2.05) is 0 Å². The van der Waals surface area contributed by atoms with Gasteiger partial charge in [-0.15, -0.1) is 10.2 Å². The van der Waals surface area contributed by atoms with E-state index in [2.05, 4.69) is 27.0 Å². The molecule has 1 atom stereocenters. The monoisotopic (exact) mass is 264 g/mol. The van der Waals surface area contributed by atoms with Gasteiger partial charge < -0.3 is 14.6 Å². The van der Waals surface area contributed by atoms with Crippen LogP contribution in [0.4, 0.5) is 0 Å². The fourth-order valence-corrected chi connectivity index (χ4v) is 3.15. The second kappa shape index (κ2) is 5.59. The van der Waals surface area contributed by atoms with E-state index in [0.29, 0.717) is 12.1 Å². The third-order valence-corrected chi connectivity index (χ3v) is 4.44. The number of methoxy groups -OCH3 is 1. The summed E-state index contributed by atoms with van der Waals surface area (Å²) in [7, 11) is 1.79. The second-order valence-corrected chi connectivity index (χ2v) is 5.85. The first-order valence-corrected chi connectivity index (χ1v) is 7.48. The number of nitrogens with zero attached hydrogens (tertiary/aromatic N) is 3. The number of fused-ring (bicyclic) bond motifs is 1. The lowest BCUT2D eigenvalue weighted by molar-refractivity contribution is 0.0143. The zero-order valence-electron chi connectivity index (χ0n) is 11.9. The molecule has 1 unspecified atom stereocenters. The molecular weight excluding hydrogens is 240 g/mol. The number of aryl methyl sites for hydroxylation is 1. The largest absolute Gasteiger partial charge is 0.381 e. The zero-order chi connectivity index (χ0) is 13.2. The molecule has 1 fully saturated rings. The third kappa shape index (κ3) is 2.67. The van der Waals surface area contributed by atoms with Crippen molar-refractivity contribution in [2.45, 2.75) is 70.2 Å². The lowest BCUT2D eigenvalue weighted by Crippen LogP contribution is -2.46. The van der Waals surface area contributed by atoms with Gasteiger partial charge in [0.1, 0.15) is 11.6 Å². The van der Waals surface area contributed by atoms with Gasteiger partial charge in [0.05, 0.1) is 12.1 Å². The summed E-state index contributed by atoms with van der Waals surface area (Å²) in [4.78, 5) is 0. The molecule has 0 amide bonds. The van der Waals surface area contributed by atoms with Gasteiger partial charge in [-0.2, -0.15) is 0 Å². The Hall–Kier alpha value is -0.940. The Balaban J connectivity index is 1.63. The van der Waals surface area contributed by atoms with Crippen molar-refractivity contribution in [3.8, 4) is 0 Å². The molecule has 1 aliphatic heterocycles. The number of rotatable bonds is 4. The van der Waals surface area contributed by atoms with Crippen LogP contribution in [0.1, 0.15) is 56.7 Å². The summed E-state index contributed by atoms with van der Waals surface area (Å²) in [6, 6.07) is 0.848. The summed E-state index contributed by atoms with van der Waals surface area (Å²) in [5.41, 5.74) is 0. The highest BCUT2D eigenvalue weighted by molar-refractivity contribution is 5.03. The highest BCUT2D eigenvalue weighted by Crippen LogP contribution is 2.26. The van der Waals surface area contributed by atoms with E-state index in [1.54, 1.807) is 7.11 Å². The second-order valence-electron chi connectivity index (χ2n) is 5.85. The van der Waals surface area contributed by atoms with Crippen LogP contribution in [0.15, 0.2) is 0 Å². The summed E-state index contributed by atoms with van der Waals surface area (Å²) in [5, 5.41) is 12.4. The Kier molecular flexibility index (Phi) is 3.84. The zero-order valence-corrected chi connectivity index (χ0v) is 11.9. The third-order valence-electron chi connectivity index (χ3n) is 4.44. The molecule has 1 N–H and O–H groups in total. The van der Waals surface area contributed by atoms with Gasteiger partial charge in [0.25, 0.3) is 0 Å². The predicted molar refractivity (Wildman–Crippen MR) is 72.9 cm³/mol. The molecule has 19 heavy (non-hydrogen) atoms. The molecular formula is C14H24N4O. The van der Waals surface area contributed by atoms with Crippen LogP contribution < -0.4 is 5.32 Å². The highest BCUT2D eigenvalue weighted by atomic mass is 16.5. The minimum atomic E-state index is 0.280. The first-order valence-electron chi connectivity index (χ1n) is 7.48. The normalized spacial score (nSPS) is 28.3. The Morgan fingerprint density at radius 1 is 1.26 bits per heavy atom. The maximum absolute atomic E-state index is 5.32. The average Bonchev–Trinajstić information content (AvgIpc) is 2.62. The van der Waals surface area contributed by atoms with Crippen LogP contribution in [0.3, 0.4) is 0 Å². The maximum Gasteiger partial charge on any atom is 0.149 e. The Labute approximate surface area is 114 Å². The fraction of sp³-hybridized carbons (Fsp3) is 0.857. The molecule has 5 heteroatoms. The van der Waals surface area contributed by atoms with E-state index in [9.17, 15) is 0 Å². The molecule has 1 aromatic heterocycles. The van der Waals surface area contributed by atoms with E-state index in [-0.39, 0.29) is 6.04 Å². The summed E-state index contributed by atoms with van der Waals surface area (Å²) in [6.07, 6.45) is 7.56. The van der Waals surface area contributed by atoms with Crippen molar-refractivity contribution in [3.63, 3.8) is 0 Å². The number of hydrogen-bond acceptors (Lipinski definition) is 4. The minimum absolute atomic E-state index is 0.280. The van der Waals surface area contributed by atoms with Crippen LogP contribution >= 0.6 is 0 Å². The number of aromatic nitrogens is 3. The summed E-state index contributed by atoms with van der Waals surface area (Å²) < 4.78 is 7.65. The van der Waals surface area contributed by atoms with E-state index in [0.717, 1.165) is 31.6 Å². The molecule has 1 aromatic rings. The molecule has 5 nitrogen and oxygen atoms in total. The molecule has 1 saturated carbocycles. The Bertz CT molecular complexity index is 425. The lowest BCUT2D eigenvalue weighted by Gasteiger charge is -2.36. The van der Waals surface area contributed by atoms with Crippen LogP contribution in [0.25, 0.3) is 0 Å². The predicted octanol–water partition coefficient (Wildman–Crippen LogP) is 1.83. The number of ether oxygens (including phenoxy) is 1. The van der Waals surface area contributed by atoms with Crippen LogP contribution in [-0.2, 0) is 17.7 Å². The maximum atomic E-state index is 5.32. The Morgan fingerprint density at radius 3 is 2.89 bits per heavy atom. The molecule has 1 aliphatic carbocycles. The van der Waals surface area contributed by atoms with Gasteiger partial charge in [-0.3, -0.25) is 0 Å². The first kappa shape index (κ1) is 13.1. The van der Waals surface area contributed by atoms with Crippen molar-refractivity contribution in [2.75, 3.05) is 7.11 Å².